The van der Waals surface area contributed by atoms with Gasteiger partial charge in [0.2, 0.25) is 0 Å². The van der Waals surface area contributed by atoms with Crippen LogP contribution in [0.3, 0.4) is 0 Å². The number of fused-ring (bicyclic) bond motifs is 2. The highest BCUT2D eigenvalue weighted by Crippen LogP contribution is 2.27. The third-order valence-corrected chi connectivity index (χ3v) is 5.85. The second kappa shape index (κ2) is 7.70. The van der Waals surface area contributed by atoms with Crippen molar-refractivity contribution in [3.63, 3.8) is 0 Å². The predicted molar refractivity (Wildman–Crippen MR) is 116 cm³/mol. The molecule has 30 heavy (non-hydrogen) atoms. The molecule has 8 nitrogen and oxygen atoms in total. The van der Waals surface area contributed by atoms with E-state index in [1.54, 1.807) is 6.20 Å². The van der Waals surface area contributed by atoms with Crippen molar-refractivity contribution in [3.8, 4) is 11.1 Å². The number of hydrogen-bond acceptors (Lipinski definition) is 5. The van der Waals surface area contributed by atoms with Gasteiger partial charge in [-0.3, -0.25) is 9.55 Å². The predicted octanol–water partition coefficient (Wildman–Crippen LogP) is 2.76. The number of imidazole rings is 1. The average Bonchev–Trinajstić information content (AvgIpc) is 3.28. The van der Waals surface area contributed by atoms with Gasteiger partial charge in [0, 0.05) is 61.4 Å². The first-order valence-electron chi connectivity index (χ1n) is 10.4. The fraction of sp³-hybridized carbons (Fsp3) is 0.409. The van der Waals surface area contributed by atoms with Crippen molar-refractivity contribution in [1.82, 2.24) is 29.4 Å². The second-order valence-electron chi connectivity index (χ2n) is 8.36. The summed E-state index contributed by atoms with van der Waals surface area (Å²) in [7, 11) is 4.11. The Labute approximate surface area is 173 Å². The highest BCUT2D eigenvalue weighted by molar-refractivity contribution is 5.86. The smallest absolute Gasteiger partial charge is 0.327 e. The monoisotopic (exact) mass is 406 g/mol. The van der Waals surface area contributed by atoms with E-state index in [0.717, 1.165) is 60.3 Å². The summed E-state index contributed by atoms with van der Waals surface area (Å²) in [5.74, 6) is 0.450. The van der Waals surface area contributed by atoms with Crippen LogP contribution in [0.2, 0.25) is 0 Å². The van der Waals surface area contributed by atoms with Gasteiger partial charge in [-0.1, -0.05) is 0 Å². The minimum Gasteiger partial charge on any atom is -0.381 e. The Morgan fingerprint density at radius 2 is 1.87 bits per heavy atom. The topological polar surface area (TPSA) is 91.8 Å². The molecule has 4 aromatic rings. The summed E-state index contributed by atoms with van der Waals surface area (Å²) >= 11 is 0. The van der Waals surface area contributed by atoms with Crippen molar-refractivity contribution in [2.45, 2.75) is 25.9 Å². The van der Waals surface area contributed by atoms with Crippen molar-refractivity contribution in [3.05, 3.63) is 46.8 Å². The molecule has 0 amide bonds. The minimum atomic E-state index is -0.103. The Hall–Kier alpha value is -2.97. The van der Waals surface area contributed by atoms with Crippen LogP contribution in [0.4, 0.5) is 0 Å². The fourth-order valence-electron chi connectivity index (χ4n) is 4.25. The van der Waals surface area contributed by atoms with Crippen LogP contribution in [0.5, 0.6) is 0 Å². The number of nitrogens with one attached hydrogen (secondary N) is 2. The first kappa shape index (κ1) is 19.0. The molecule has 0 spiro atoms. The molecule has 0 aliphatic carbocycles. The molecule has 5 heterocycles. The Kier molecular flexibility index (Phi) is 4.88. The fourth-order valence-corrected chi connectivity index (χ4v) is 4.25. The normalized spacial score (nSPS) is 15.6. The Balaban J connectivity index is 1.54. The zero-order valence-electron chi connectivity index (χ0n) is 17.3. The molecule has 0 atom stereocenters. The van der Waals surface area contributed by atoms with E-state index in [9.17, 15) is 4.79 Å². The third kappa shape index (κ3) is 3.53. The van der Waals surface area contributed by atoms with Gasteiger partial charge >= 0.3 is 5.69 Å². The minimum absolute atomic E-state index is 0.103. The van der Waals surface area contributed by atoms with Crippen LogP contribution < -0.4 is 5.69 Å². The lowest BCUT2D eigenvalue weighted by Gasteiger charge is -2.22. The Morgan fingerprint density at radius 3 is 2.63 bits per heavy atom. The Morgan fingerprint density at radius 1 is 1.13 bits per heavy atom. The van der Waals surface area contributed by atoms with E-state index in [1.165, 1.54) is 5.56 Å². The number of pyridine rings is 2. The zero-order chi connectivity index (χ0) is 20.7. The number of rotatable bonds is 5. The molecule has 1 saturated heterocycles. The lowest BCUT2D eigenvalue weighted by Crippen LogP contribution is -2.25. The molecular weight excluding hydrogens is 380 g/mol. The number of aromatic amines is 2. The number of aromatic nitrogens is 5. The quantitative estimate of drug-likeness (QED) is 0.532. The lowest BCUT2D eigenvalue weighted by atomic mass is 10.0. The molecule has 1 fully saturated rings. The van der Waals surface area contributed by atoms with Crippen LogP contribution >= 0.6 is 0 Å². The average molecular weight is 406 g/mol. The molecule has 0 saturated carbocycles. The van der Waals surface area contributed by atoms with Crippen molar-refractivity contribution >= 4 is 22.2 Å². The molecular formula is C22H26N6O2. The van der Waals surface area contributed by atoms with Gasteiger partial charge in [-0.25, -0.2) is 14.8 Å². The molecule has 0 unspecified atom stereocenters. The van der Waals surface area contributed by atoms with Crippen molar-refractivity contribution in [2.24, 2.45) is 5.92 Å². The summed E-state index contributed by atoms with van der Waals surface area (Å²) in [5.41, 5.74) is 5.38. The van der Waals surface area contributed by atoms with Crippen LogP contribution in [-0.4, -0.2) is 56.7 Å². The lowest BCUT2D eigenvalue weighted by molar-refractivity contribution is 0.0613. The van der Waals surface area contributed by atoms with E-state index >= 15 is 0 Å². The maximum Gasteiger partial charge on any atom is 0.327 e. The first-order valence-corrected chi connectivity index (χ1v) is 10.4. The third-order valence-electron chi connectivity index (χ3n) is 5.85. The van der Waals surface area contributed by atoms with Crippen molar-refractivity contribution in [1.29, 1.82) is 0 Å². The highest BCUT2D eigenvalue weighted by atomic mass is 16.5. The molecule has 1 aliphatic heterocycles. The molecule has 4 aromatic heterocycles. The van der Waals surface area contributed by atoms with Gasteiger partial charge in [0.15, 0.2) is 5.65 Å². The molecule has 2 N–H and O–H groups in total. The van der Waals surface area contributed by atoms with Gasteiger partial charge in [-0.05, 0) is 50.6 Å². The van der Waals surface area contributed by atoms with Crippen molar-refractivity contribution in [2.75, 3.05) is 27.3 Å². The standard InChI is InChI=1S/C22H26N6O2/c1-27(2)13-17-11-24-20-18(17)7-15(9-23-20)16-8-19-21(25-10-16)26-22(29)28(19)12-14-3-5-30-6-4-14/h7-11,14H,3-6,12-13H2,1-2H3,(H,23,24)(H,25,26,29). The van der Waals surface area contributed by atoms with Crippen LogP contribution in [-0.2, 0) is 17.8 Å². The van der Waals surface area contributed by atoms with E-state index in [-0.39, 0.29) is 5.69 Å². The van der Waals surface area contributed by atoms with E-state index in [0.29, 0.717) is 18.1 Å². The summed E-state index contributed by atoms with van der Waals surface area (Å²) in [5, 5.41) is 1.11. The summed E-state index contributed by atoms with van der Waals surface area (Å²) in [6, 6.07) is 4.19. The van der Waals surface area contributed by atoms with Crippen LogP contribution in [0.25, 0.3) is 33.3 Å². The molecule has 1 aliphatic rings. The molecule has 5 rings (SSSR count). The van der Waals surface area contributed by atoms with Gasteiger partial charge in [0.25, 0.3) is 0 Å². The van der Waals surface area contributed by atoms with Gasteiger partial charge < -0.3 is 14.6 Å². The van der Waals surface area contributed by atoms with Crippen LogP contribution in [0, 0.1) is 5.92 Å². The second-order valence-corrected chi connectivity index (χ2v) is 8.36. The summed E-state index contributed by atoms with van der Waals surface area (Å²) in [4.78, 5) is 30.0. The van der Waals surface area contributed by atoms with E-state index < -0.39 is 0 Å². The molecule has 0 radical (unpaired) electrons. The molecule has 8 heteroatoms. The first-order chi connectivity index (χ1) is 14.6. The van der Waals surface area contributed by atoms with Gasteiger partial charge in [-0.15, -0.1) is 0 Å². The molecule has 156 valence electrons. The Bertz CT molecular complexity index is 1250. The molecule has 0 bridgehead atoms. The largest absolute Gasteiger partial charge is 0.381 e. The zero-order valence-corrected chi connectivity index (χ0v) is 17.3. The van der Waals surface area contributed by atoms with Crippen LogP contribution in [0.15, 0.2) is 35.5 Å². The number of nitrogens with zero attached hydrogens (tertiary/aromatic N) is 4. The number of ether oxygens (including phenoxy) is 1. The van der Waals surface area contributed by atoms with E-state index in [2.05, 4.69) is 45.0 Å². The van der Waals surface area contributed by atoms with Crippen molar-refractivity contribution < 1.29 is 4.74 Å². The summed E-state index contributed by atoms with van der Waals surface area (Å²) < 4.78 is 7.28. The van der Waals surface area contributed by atoms with E-state index in [4.69, 9.17) is 4.74 Å². The summed E-state index contributed by atoms with van der Waals surface area (Å²) in [6.45, 7) is 3.06. The summed E-state index contributed by atoms with van der Waals surface area (Å²) in [6.07, 6.45) is 7.64. The SMILES string of the molecule is CN(C)Cc1c[nH]c2ncc(-c3cnc4[nH]c(=O)n(CC5CCOCC5)c4c3)cc12. The maximum absolute atomic E-state index is 12.6. The maximum atomic E-state index is 12.6. The number of hydrogen-bond donors (Lipinski definition) is 2. The van der Waals surface area contributed by atoms with Gasteiger partial charge in [0.05, 0.1) is 5.52 Å². The van der Waals surface area contributed by atoms with Gasteiger partial charge in [0.1, 0.15) is 5.65 Å². The van der Waals surface area contributed by atoms with Crippen LogP contribution in [0.1, 0.15) is 18.4 Å². The molecule has 0 aromatic carbocycles. The van der Waals surface area contributed by atoms with E-state index in [1.807, 2.05) is 23.0 Å². The highest BCUT2D eigenvalue weighted by Gasteiger charge is 2.18. The number of H-pyrrole nitrogens is 2. The van der Waals surface area contributed by atoms with Gasteiger partial charge in [-0.2, -0.15) is 0 Å².